The highest BCUT2D eigenvalue weighted by molar-refractivity contribution is 5.76. The summed E-state index contributed by atoms with van der Waals surface area (Å²) < 4.78 is 5.11. The van der Waals surface area contributed by atoms with Crippen molar-refractivity contribution in [3.8, 4) is 0 Å². The first-order chi connectivity index (χ1) is 6.97. The van der Waals surface area contributed by atoms with E-state index in [9.17, 15) is 20.1 Å². The van der Waals surface area contributed by atoms with Crippen molar-refractivity contribution in [2.45, 2.75) is 43.9 Å². The molecule has 88 valence electrons. The third-order valence-corrected chi connectivity index (χ3v) is 2.48. The number of hydrogen-bond donors (Lipinski definition) is 4. The molecule has 0 amide bonds. The SMILES string of the molecule is CC(=O)C[C@H]1O[C@H](CO)[C@@H](O)[C@H](O)[C@H]1O. The second-order valence-electron chi connectivity index (χ2n) is 3.77. The van der Waals surface area contributed by atoms with Gasteiger partial charge in [0, 0.05) is 6.42 Å². The maximum absolute atomic E-state index is 10.8. The van der Waals surface area contributed by atoms with Crippen molar-refractivity contribution < 1.29 is 30.0 Å². The molecule has 5 atom stereocenters. The van der Waals surface area contributed by atoms with Gasteiger partial charge in [0.15, 0.2) is 0 Å². The van der Waals surface area contributed by atoms with Crippen molar-refractivity contribution in [2.24, 2.45) is 0 Å². The molecule has 0 aliphatic carbocycles. The van der Waals surface area contributed by atoms with Crippen LogP contribution < -0.4 is 0 Å². The Morgan fingerprint density at radius 2 is 1.67 bits per heavy atom. The van der Waals surface area contributed by atoms with Gasteiger partial charge in [-0.2, -0.15) is 0 Å². The molecule has 1 aliphatic heterocycles. The standard InChI is InChI=1S/C9H16O6/c1-4(11)2-5-7(12)9(14)8(13)6(3-10)15-5/h5-10,12-14H,2-3H2,1H3/t5-,6-,7+,8-,9-/m1/s1. The molecule has 1 rings (SSSR count). The number of ether oxygens (including phenoxy) is 1. The molecule has 1 aliphatic rings. The molecule has 0 aromatic rings. The van der Waals surface area contributed by atoms with Gasteiger partial charge in [0.05, 0.1) is 12.7 Å². The Bertz CT molecular complexity index is 229. The van der Waals surface area contributed by atoms with Gasteiger partial charge < -0.3 is 25.2 Å². The number of Topliss-reactive ketones (excluding diaryl/α,β-unsaturated/α-hetero) is 1. The van der Waals surface area contributed by atoms with Crippen LogP contribution in [0, 0.1) is 0 Å². The van der Waals surface area contributed by atoms with Crippen LogP contribution in [0.3, 0.4) is 0 Å². The minimum atomic E-state index is -1.40. The van der Waals surface area contributed by atoms with Crippen LogP contribution in [-0.2, 0) is 9.53 Å². The van der Waals surface area contributed by atoms with Crippen LogP contribution in [0.1, 0.15) is 13.3 Å². The van der Waals surface area contributed by atoms with E-state index in [-0.39, 0.29) is 12.2 Å². The Hall–Kier alpha value is -0.530. The monoisotopic (exact) mass is 220 g/mol. The van der Waals surface area contributed by atoms with Crippen molar-refractivity contribution in [1.29, 1.82) is 0 Å². The van der Waals surface area contributed by atoms with Gasteiger partial charge in [-0.15, -0.1) is 0 Å². The van der Waals surface area contributed by atoms with Gasteiger partial charge in [-0.25, -0.2) is 0 Å². The topological polar surface area (TPSA) is 107 Å². The molecule has 0 aromatic carbocycles. The summed E-state index contributed by atoms with van der Waals surface area (Å²) in [5.41, 5.74) is 0. The average Bonchev–Trinajstić information content (AvgIpc) is 2.18. The number of carbonyl (C=O) groups is 1. The molecular formula is C9H16O6. The van der Waals surface area contributed by atoms with E-state index in [0.29, 0.717) is 0 Å². The third-order valence-electron chi connectivity index (χ3n) is 2.48. The molecule has 0 aromatic heterocycles. The lowest BCUT2D eigenvalue weighted by Gasteiger charge is -2.39. The predicted octanol–water partition coefficient (Wildman–Crippen LogP) is -2.19. The quantitative estimate of drug-likeness (QED) is 0.430. The molecule has 4 N–H and O–H groups in total. The number of aliphatic hydroxyl groups excluding tert-OH is 4. The number of hydrogen-bond acceptors (Lipinski definition) is 6. The number of carbonyl (C=O) groups excluding carboxylic acids is 1. The molecule has 6 nitrogen and oxygen atoms in total. The molecular weight excluding hydrogens is 204 g/mol. The van der Waals surface area contributed by atoms with Crippen LogP contribution in [-0.4, -0.2) is 63.3 Å². The largest absolute Gasteiger partial charge is 0.394 e. The molecule has 1 saturated heterocycles. The maximum Gasteiger partial charge on any atom is 0.132 e. The highest BCUT2D eigenvalue weighted by Crippen LogP contribution is 2.23. The molecule has 0 unspecified atom stereocenters. The number of ketones is 1. The second-order valence-corrected chi connectivity index (χ2v) is 3.77. The minimum absolute atomic E-state index is 0.0541. The fourth-order valence-corrected chi connectivity index (χ4v) is 1.63. The van der Waals surface area contributed by atoms with E-state index >= 15 is 0 Å². The normalized spacial score (nSPS) is 41.5. The summed E-state index contributed by atoms with van der Waals surface area (Å²) in [6.07, 6.45) is -5.95. The highest BCUT2D eigenvalue weighted by atomic mass is 16.5. The van der Waals surface area contributed by atoms with Crippen molar-refractivity contribution in [3.63, 3.8) is 0 Å². The zero-order chi connectivity index (χ0) is 11.6. The van der Waals surface area contributed by atoms with Gasteiger partial charge in [0.2, 0.25) is 0 Å². The van der Waals surface area contributed by atoms with E-state index in [1.165, 1.54) is 6.92 Å². The Kier molecular flexibility index (Phi) is 4.18. The Morgan fingerprint density at radius 1 is 1.13 bits per heavy atom. The summed E-state index contributed by atoms with van der Waals surface area (Å²) in [4.78, 5) is 10.8. The Morgan fingerprint density at radius 3 is 2.13 bits per heavy atom. The van der Waals surface area contributed by atoms with Crippen LogP contribution in [0.2, 0.25) is 0 Å². The lowest BCUT2D eigenvalue weighted by Crippen LogP contribution is -2.58. The fourth-order valence-electron chi connectivity index (χ4n) is 1.63. The van der Waals surface area contributed by atoms with E-state index in [1.807, 2.05) is 0 Å². The van der Waals surface area contributed by atoms with Crippen LogP contribution in [0.15, 0.2) is 0 Å². The first-order valence-electron chi connectivity index (χ1n) is 4.77. The number of aliphatic hydroxyl groups is 4. The van der Waals surface area contributed by atoms with Gasteiger partial charge in [-0.3, -0.25) is 4.79 Å². The zero-order valence-corrected chi connectivity index (χ0v) is 8.41. The van der Waals surface area contributed by atoms with Gasteiger partial charge in [-0.05, 0) is 6.92 Å². The van der Waals surface area contributed by atoms with Crippen molar-refractivity contribution >= 4 is 5.78 Å². The molecule has 1 heterocycles. The molecule has 0 radical (unpaired) electrons. The summed E-state index contributed by atoms with van der Waals surface area (Å²) in [6, 6.07) is 0. The summed E-state index contributed by atoms with van der Waals surface area (Å²) in [5.74, 6) is -0.195. The minimum Gasteiger partial charge on any atom is -0.394 e. The molecule has 1 fully saturated rings. The lowest BCUT2D eigenvalue weighted by molar-refractivity contribution is -0.229. The molecule has 0 bridgehead atoms. The molecule has 6 heteroatoms. The van der Waals surface area contributed by atoms with Gasteiger partial charge >= 0.3 is 0 Å². The first-order valence-corrected chi connectivity index (χ1v) is 4.77. The summed E-state index contributed by atoms with van der Waals surface area (Å²) >= 11 is 0. The van der Waals surface area contributed by atoms with Crippen LogP contribution in [0.25, 0.3) is 0 Å². The van der Waals surface area contributed by atoms with Gasteiger partial charge in [-0.1, -0.05) is 0 Å². The predicted molar refractivity (Wildman–Crippen MR) is 49.1 cm³/mol. The average molecular weight is 220 g/mol. The smallest absolute Gasteiger partial charge is 0.132 e. The highest BCUT2D eigenvalue weighted by Gasteiger charge is 2.43. The van der Waals surface area contributed by atoms with E-state index in [0.717, 1.165) is 0 Å². The van der Waals surface area contributed by atoms with E-state index in [4.69, 9.17) is 9.84 Å². The van der Waals surface area contributed by atoms with Crippen LogP contribution in [0.5, 0.6) is 0 Å². The summed E-state index contributed by atoms with van der Waals surface area (Å²) in [5, 5.41) is 37.2. The zero-order valence-electron chi connectivity index (χ0n) is 8.41. The summed E-state index contributed by atoms with van der Waals surface area (Å²) in [7, 11) is 0. The molecule has 0 saturated carbocycles. The van der Waals surface area contributed by atoms with Crippen LogP contribution >= 0.6 is 0 Å². The fraction of sp³-hybridized carbons (Fsp3) is 0.889. The van der Waals surface area contributed by atoms with E-state index < -0.39 is 37.1 Å². The second kappa shape index (κ2) is 5.00. The molecule has 0 spiro atoms. The third kappa shape index (κ3) is 2.73. The van der Waals surface area contributed by atoms with E-state index in [1.54, 1.807) is 0 Å². The van der Waals surface area contributed by atoms with E-state index in [2.05, 4.69) is 0 Å². The van der Waals surface area contributed by atoms with Crippen LogP contribution in [0.4, 0.5) is 0 Å². The van der Waals surface area contributed by atoms with Gasteiger partial charge in [0.25, 0.3) is 0 Å². The van der Waals surface area contributed by atoms with Gasteiger partial charge in [0.1, 0.15) is 30.2 Å². The Balaban J connectivity index is 2.69. The lowest BCUT2D eigenvalue weighted by atomic mass is 9.93. The Labute approximate surface area is 87.1 Å². The first kappa shape index (κ1) is 12.5. The van der Waals surface area contributed by atoms with Crippen molar-refractivity contribution in [1.82, 2.24) is 0 Å². The van der Waals surface area contributed by atoms with Crippen molar-refractivity contribution in [3.05, 3.63) is 0 Å². The maximum atomic E-state index is 10.8. The summed E-state index contributed by atoms with van der Waals surface area (Å²) in [6.45, 7) is 0.862. The number of rotatable bonds is 3. The van der Waals surface area contributed by atoms with Crippen molar-refractivity contribution in [2.75, 3.05) is 6.61 Å². The molecule has 15 heavy (non-hydrogen) atoms.